The molecule has 0 N–H and O–H groups in total. The molecule has 1 unspecified atom stereocenters. The second-order valence-electron chi connectivity index (χ2n) is 5.23. The van der Waals surface area contributed by atoms with Crippen molar-refractivity contribution in [2.45, 2.75) is 18.9 Å². The van der Waals surface area contributed by atoms with Gasteiger partial charge in [-0.25, -0.2) is 9.37 Å². The summed E-state index contributed by atoms with van der Waals surface area (Å²) in [6.45, 7) is 2.90. The van der Waals surface area contributed by atoms with Crippen molar-refractivity contribution < 1.29 is 4.39 Å². The van der Waals surface area contributed by atoms with Crippen LogP contribution in [-0.2, 0) is 13.6 Å². The molecule has 1 atom stereocenters. The number of rotatable bonds is 3. The summed E-state index contributed by atoms with van der Waals surface area (Å²) in [6, 6.07) is 6.99. The van der Waals surface area contributed by atoms with Crippen molar-refractivity contribution in [1.29, 1.82) is 0 Å². The van der Waals surface area contributed by atoms with Gasteiger partial charge in [-0.2, -0.15) is 0 Å². The second-order valence-corrected chi connectivity index (χ2v) is 5.23. The Labute approximate surface area is 112 Å². The highest BCUT2D eigenvalue weighted by molar-refractivity contribution is 5.22. The van der Waals surface area contributed by atoms with E-state index in [1.165, 1.54) is 6.07 Å². The number of likely N-dealkylation sites (tertiary alicyclic amines) is 1. The maximum Gasteiger partial charge on any atom is 0.123 e. The van der Waals surface area contributed by atoms with Crippen molar-refractivity contribution in [3.8, 4) is 0 Å². The fourth-order valence-corrected chi connectivity index (χ4v) is 2.76. The molecule has 0 bridgehead atoms. The second kappa shape index (κ2) is 5.13. The largest absolute Gasteiger partial charge is 0.337 e. The monoisotopic (exact) mass is 259 g/mol. The first-order valence-corrected chi connectivity index (χ1v) is 6.66. The van der Waals surface area contributed by atoms with Crippen molar-refractivity contribution in [3.05, 3.63) is 53.9 Å². The molecule has 0 saturated carbocycles. The molecule has 0 amide bonds. The molecule has 2 heterocycles. The van der Waals surface area contributed by atoms with Gasteiger partial charge in [0.25, 0.3) is 0 Å². The summed E-state index contributed by atoms with van der Waals surface area (Å²) in [4.78, 5) is 6.74. The van der Waals surface area contributed by atoms with Crippen LogP contribution < -0.4 is 0 Å². The summed E-state index contributed by atoms with van der Waals surface area (Å²) >= 11 is 0. The quantitative estimate of drug-likeness (QED) is 0.844. The first-order valence-electron chi connectivity index (χ1n) is 6.66. The Balaban J connectivity index is 1.66. The van der Waals surface area contributed by atoms with E-state index >= 15 is 0 Å². The Bertz CT molecular complexity index is 564. The van der Waals surface area contributed by atoms with E-state index in [0.717, 1.165) is 37.4 Å². The normalized spacial score (nSPS) is 20.0. The van der Waals surface area contributed by atoms with Crippen LogP contribution in [0.2, 0.25) is 0 Å². The third-order valence-electron chi connectivity index (χ3n) is 3.88. The lowest BCUT2D eigenvalue weighted by Crippen LogP contribution is -2.21. The van der Waals surface area contributed by atoms with Crippen LogP contribution in [0.15, 0.2) is 36.7 Å². The van der Waals surface area contributed by atoms with Crippen LogP contribution in [0, 0.1) is 5.82 Å². The van der Waals surface area contributed by atoms with Crippen LogP contribution in [0.3, 0.4) is 0 Å². The first-order chi connectivity index (χ1) is 9.22. The number of nitrogens with zero attached hydrogens (tertiary/aromatic N) is 3. The van der Waals surface area contributed by atoms with E-state index in [1.54, 1.807) is 12.1 Å². The van der Waals surface area contributed by atoms with Crippen LogP contribution in [-0.4, -0.2) is 27.5 Å². The van der Waals surface area contributed by atoms with E-state index in [4.69, 9.17) is 0 Å². The lowest BCUT2D eigenvalue weighted by atomic mass is 9.98. The van der Waals surface area contributed by atoms with E-state index in [0.29, 0.717) is 5.92 Å². The molecule has 100 valence electrons. The van der Waals surface area contributed by atoms with Gasteiger partial charge in [-0.15, -0.1) is 0 Å². The molecule has 4 heteroatoms. The smallest absolute Gasteiger partial charge is 0.123 e. The predicted octanol–water partition coefficient (Wildman–Crippen LogP) is 2.55. The van der Waals surface area contributed by atoms with Gasteiger partial charge in [-0.1, -0.05) is 12.1 Å². The third kappa shape index (κ3) is 2.68. The van der Waals surface area contributed by atoms with Crippen LogP contribution >= 0.6 is 0 Å². The fraction of sp³-hybridized carbons (Fsp3) is 0.400. The Morgan fingerprint density at radius 3 is 3.05 bits per heavy atom. The van der Waals surface area contributed by atoms with Crippen molar-refractivity contribution in [1.82, 2.24) is 14.5 Å². The Morgan fingerprint density at radius 2 is 2.32 bits per heavy atom. The summed E-state index contributed by atoms with van der Waals surface area (Å²) in [6.07, 6.45) is 4.89. The van der Waals surface area contributed by atoms with Gasteiger partial charge in [0.2, 0.25) is 0 Å². The number of aromatic nitrogens is 2. The van der Waals surface area contributed by atoms with Gasteiger partial charge in [0.15, 0.2) is 0 Å². The van der Waals surface area contributed by atoms with Gasteiger partial charge in [0.1, 0.15) is 11.6 Å². The molecular formula is C15H18FN3. The highest BCUT2D eigenvalue weighted by atomic mass is 19.1. The van der Waals surface area contributed by atoms with Gasteiger partial charge < -0.3 is 4.57 Å². The van der Waals surface area contributed by atoms with Gasteiger partial charge in [-0.3, -0.25) is 4.90 Å². The summed E-state index contributed by atoms with van der Waals surface area (Å²) in [5.41, 5.74) is 1.11. The minimum Gasteiger partial charge on any atom is -0.337 e. The maximum atomic E-state index is 13.2. The van der Waals surface area contributed by atoms with Crippen LogP contribution in [0.25, 0.3) is 0 Å². The average molecular weight is 259 g/mol. The summed E-state index contributed by atoms with van der Waals surface area (Å²) in [7, 11) is 2.02. The summed E-state index contributed by atoms with van der Waals surface area (Å²) in [5, 5.41) is 0. The summed E-state index contributed by atoms with van der Waals surface area (Å²) < 4.78 is 15.3. The Morgan fingerprint density at radius 1 is 1.42 bits per heavy atom. The summed E-state index contributed by atoms with van der Waals surface area (Å²) in [5.74, 6) is 1.39. The molecule has 1 saturated heterocycles. The molecule has 1 aromatic heterocycles. The van der Waals surface area contributed by atoms with Crippen molar-refractivity contribution in [2.75, 3.05) is 13.1 Å². The van der Waals surface area contributed by atoms with E-state index < -0.39 is 0 Å². The number of hydrogen-bond donors (Lipinski definition) is 0. The molecular weight excluding hydrogens is 241 g/mol. The topological polar surface area (TPSA) is 21.1 Å². The van der Waals surface area contributed by atoms with E-state index in [-0.39, 0.29) is 5.82 Å². The molecule has 0 aliphatic carbocycles. The fourth-order valence-electron chi connectivity index (χ4n) is 2.76. The molecule has 1 aromatic carbocycles. The van der Waals surface area contributed by atoms with E-state index in [9.17, 15) is 4.39 Å². The van der Waals surface area contributed by atoms with Crippen LogP contribution in [0.5, 0.6) is 0 Å². The molecule has 1 fully saturated rings. The molecule has 0 radical (unpaired) electrons. The lowest BCUT2D eigenvalue weighted by molar-refractivity contribution is 0.314. The standard InChI is InChI=1S/C15H18FN3/c1-18-8-6-17-15(18)11-19-7-5-13(10-19)12-3-2-4-14(16)9-12/h2-4,6,8-9,13H,5,7,10-11H2,1H3. The lowest BCUT2D eigenvalue weighted by Gasteiger charge is -2.16. The van der Waals surface area contributed by atoms with Gasteiger partial charge in [0.05, 0.1) is 6.54 Å². The average Bonchev–Trinajstić information content (AvgIpc) is 3.00. The minimum absolute atomic E-state index is 0.139. The van der Waals surface area contributed by atoms with Crippen LogP contribution in [0.1, 0.15) is 23.7 Å². The highest BCUT2D eigenvalue weighted by Gasteiger charge is 2.24. The zero-order valence-electron chi connectivity index (χ0n) is 11.1. The number of benzene rings is 1. The molecule has 1 aliphatic heterocycles. The van der Waals surface area contributed by atoms with Gasteiger partial charge >= 0.3 is 0 Å². The number of aryl methyl sites for hydroxylation is 1. The molecule has 19 heavy (non-hydrogen) atoms. The van der Waals surface area contributed by atoms with Crippen molar-refractivity contribution in [3.63, 3.8) is 0 Å². The Hall–Kier alpha value is -1.68. The highest BCUT2D eigenvalue weighted by Crippen LogP contribution is 2.28. The van der Waals surface area contributed by atoms with Gasteiger partial charge in [-0.05, 0) is 36.6 Å². The number of halogens is 1. The molecule has 2 aromatic rings. The Kier molecular flexibility index (Phi) is 3.34. The zero-order valence-corrected chi connectivity index (χ0v) is 11.1. The van der Waals surface area contributed by atoms with E-state index in [1.807, 2.05) is 25.5 Å². The molecule has 0 spiro atoms. The van der Waals surface area contributed by atoms with E-state index in [2.05, 4.69) is 14.5 Å². The number of imidazole rings is 1. The minimum atomic E-state index is -0.139. The SMILES string of the molecule is Cn1ccnc1CN1CCC(c2cccc(F)c2)C1. The van der Waals surface area contributed by atoms with Crippen molar-refractivity contribution >= 4 is 0 Å². The first kappa shape index (κ1) is 12.4. The molecule has 3 nitrogen and oxygen atoms in total. The van der Waals surface area contributed by atoms with Crippen LogP contribution in [0.4, 0.5) is 4.39 Å². The van der Waals surface area contributed by atoms with Crippen molar-refractivity contribution in [2.24, 2.45) is 7.05 Å². The molecule has 3 rings (SSSR count). The van der Waals surface area contributed by atoms with Gasteiger partial charge in [0, 0.05) is 26.0 Å². The third-order valence-corrected chi connectivity index (χ3v) is 3.88. The number of hydrogen-bond acceptors (Lipinski definition) is 2. The zero-order chi connectivity index (χ0) is 13.2. The maximum absolute atomic E-state index is 13.2. The molecule has 1 aliphatic rings. The predicted molar refractivity (Wildman–Crippen MR) is 72.2 cm³/mol.